The van der Waals surface area contributed by atoms with Gasteiger partial charge in [-0.05, 0) is 44.0 Å². The number of furan rings is 1. The molecule has 0 saturated heterocycles. The van der Waals surface area contributed by atoms with Crippen LogP contribution in [0.5, 0.6) is 0 Å². The van der Waals surface area contributed by atoms with Crippen LogP contribution in [0.1, 0.15) is 37.2 Å². The minimum atomic E-state index is -0.830. The number of rotatable bonds is 5. The molecule has 4 heteroatoms. The Labute approximate surface area is 117 Å². The molecule has 1 aromatic heterocycles. The van der Waals surface area contributed by atoms with Crippen molar-refractivity contribution in [2.45, 2.75) is 38.5 Å². The average Bonchev–Trinajstić information content (AvgIpc) is 3.12. The molecule has 0 spiro atoms. The molecule has 1 atom stereocenters. The van der Waals surface area contributed by atoms with Gasteiger partial charge in [-0.25, -0.2) is 4.39 Å². The van der Waals surface area contributed by atoms with E-state index >= 15 is 0 Å². The zero-order valence-corrected chi connectivity index (χ0v) is 11.4. The van der Waals surface area contributed by atoms with E-state index in [0.29, 0.717) is 18.2 Å². The van der Waals surface area contributed by atoms with Gasteiger partial charge in [-0.1, -0.05) is 6.07 Å². The number of benzene rings is 1. The van der Waals surface area contributed by atoms with Crippen molar-refractivity contribution in [3.05, 3.63) is 53.7 Å². The van der Waals surface area contributed by atoms with E-state index < -0.39 is 6.10 Å². The number of hydrogen-bond acceptors (Lipinski definition) is 3. The Kier molecular flexibility index (Phi) is 3.49. The van der Waals surface area contributed by atoms with Gasteiger partial charge in [0.15, 0.2) is 0 Å². The summed E-state index contributed by atoms with van der Waals surface area (Å²) in [6, 6.07) is 9.11. The first-order valence-corrected chi connectivity index (χ1v) is 6.92. The van der Waals surface area contributed by atoms with Crippen LogP contribution >= 0.6 is 0 Å². The van der Waals surface area contributed by atoms with Crippen LogP contribution in [0.15, 0.2) is 41.0 Å². The Bertz CT molecular complexity index is 576. The van der Waals surface area contributed by atoms with Gasteiger partial charge in [-0.2, -0.15) is 0 Å². The van der Waals surface area contributed by atoms with Crippen molar-refractivity contribution in [2.24, 2.45) is 0 Å². The highest BCUT2D eigenvalue weighted by atomic mass is 19.1. The lowest BCUT2D eigenvalue weighted by molar-refractivity contribution is 0.194. The summed E-state index contributed by atoms with van der Waals surface area (Å²) in [6.45, 7) is 2.20. The summed E-state index contributed by atoms with van der Waals surface area (Å²) in [5.41, 5.74) is 1.13. The molecule has 1 aliphatic rings. The van der Waals surface area contributed by atoms with Gasteiger partial charge in [-0.3, -0.25) is 0 Å². The van der Waals surface area contributed by atoms with E-state index in [4.69, 9.17) is 4.42 Å². The Morgan fingerprint density at radius 1 is 1.35 bits per heavy atom. The maximum Gasteiger partial charge on any atom is 0.131 e. The van der Waals surface area contributed by atoms with Crippen LogP contribution in [0.2, 0.25) is 0 Å². The van der Waals surface area contributed by atoms with Crippen LogP contribution < -0.4 is 4.90 Å². The predicted octanol–water partition coefficient (Wildman–Crippen LogP) is 3.64. The molecule has 3 nitrogen and oxygen atoms in total. The molecule has 20 heavy (non-hydrogen) atoms. The summed E-state index contributed by atoms with van der Waals surface area (Å²) in [5.74, 6) is 0.486. The van der Waals surface area contributed by atoms with Gasteiger partial charge in [0, 0.05) is 17.3 Å². The van der Waals surface area contributed by atoms with E-state index in [2.05, 4.69) is 4.90 Å². The molecule has 1 saturated carbocycles. The minimum absolute atomic E-state index is 0.359. The number of halogens is 1. The lowest BCUT2D eigenvalue weighted by Gasteiger charge is -2.27. The summed E-state index contributed by atoms with van der Waals surface area (Å²) >= 11 is 0. The SMILES string of the molecule is CC(O)c1c(F)cccc1N(Cc1ccco1)C1CC1. The van der Waals surface area contributed by atoms with Gasteiger partial charge in [0.25, 0.3) is 0 Å². The molecule has 0 bridgehead atoms. The summed E-state index contributed by atoms with van der Waals surface area (Å²) in [6.07, 6.45) is 3.00. The third-order valence-corrected chi connectivity index (χ3v) is 3.65. The maximum absolute atomic E-state index is 14.0. The van der Waals surface area contributed by atoms with Gasteiger partial charge in [0.1, 0.15) is 11.6 Å². The first kappa shape index (κ1) is 13.2. The van der Waals surface area contributed by atoms with Crippen LogP contribution in [0.4, 0.5) is 10.1 Å². The summed E-state index contributed by atoms with van der Waals surface area (Å²) in [4.78, 5) is 2.13. The van der Waals surface area contributed by atoms with Gasteiger partial charge in [0.05, 0.1) is 18.9 Å². The predicted molar refractivity (Wildman–Crippen MR) is 74.9 cm³/mol. The fourth-order valence-electron chi connectivity index (χ4n) is 2.56. The molecule has 0 radical (unpaired) electrons. The zero-order chi connectivity index (χ0) is 14.1. The second-order valence-electron chi connectivity index (χ2n) is 5.29. The Morgan fingerprint density at radius 2 is 2.15 bits per heavy atom. The van der Waals surface area contributed by atoms with Crippen molar-refractivity contribution in [1.29, 1.82) is 0 Å². The van der Waals surface area contributed by atoms with Gasteiger partial charge in [0.2, 0.25) is 0 Å². The van der Waals surface area contributed by atoms with Crippen LogP contribution in [-0.4, -0.2) is 11.1 Å². The Balaban J connectivity index is 1.97. The molecule has 1 unspecified atom stereocenters. The van der Waals surface area contributed by atoms with Crippen LogP contribution in [-0.2, 0) is 6.54 Å². The number of anilines is 1. The normalized spacial score (nSPS) is 16.1. The first-order valence-electron chi connectivity index (χ1n) is 6.92. The highest BCUT2D eigenvalue weighted by molar-refractivity contribution is 5.57. The molecule has 106 valence electrons. The largest absolute Gasteiger partial charge is 0.467 e. The second-order valence-corrected chi connectivity index (χ2v) is 5.29. The number of nitrogens with zero attached hydrogens (tertiary/aromatic N) is 1. The lowest BCUT2D eigenvalue weighted by atomic mass is 10.1. The first-order chi connectivity index (χ1) is 9.66. The molecule has 1 N–H and O–H groups in total. The van der Waals surface area contributed by atoms with Crippen molar-refractivity contribution in [3.8, 4) is 0 Å². The number of aliphatic hydroxyl groups is 1. The van der Waals surface area contributed by atoms with Crippen molar-refractivity contribution in [2.75, 3.05) is 4.90 Å². The van der Waals surface area contributed by atoms with E-state index in [1.54, 1.807) is 19.3 Å². The highest BCUT2D eigenvalue weighted by Gasteiger charge is 2.32. The van der Waals surface area contributed by atoms with E-state index in [-0.39, 0.29) is 5.82 Å². The smallest absolute Gasteiger partial charge is 0.131 e. The molecule has 0 amide bonds. The Morgan fingerprint density at radius 3 is 2.75 bits per heavy atom. The summed E-state index contributed by atoms with van der Waals surface area (Å²) in [5, 5.41) is 9.87. The molecule has 0 aliphatic heterocycles. The third-order valence-electron chi connectivity index (χ3n) is 3.65. The standard InChI is InChI=1S/C16H18FNO2/c1-11(19)16-14(17)5-2-6-15(16)18(12-7-8-12)10-13-4-3-9-20-13/h2-6,9,11-12,19H,7-8,10H2,1H3. The zero-order valence-electron chi connectivity index (χ0n) is 11.4. The fraction of sp³-hybridized carbons (Fsp3) is 0.375. The van der Waals surface area contributed by atoms with E-state index in [0.717, 1.165) is 24.3 Å². The lowest BCUT2D eigenvalue weighted by Crippen LogP contribution is -2.26. The van der Waals surface area contributed by atoms with Gasteiger partial charge >= 0.3 is 0 Å². The van der Waals surface area contributed by atoms with Crippen molar-refractivity contribution in [1.82, 2.24) is 0 Å². The minimum Gasteiger partial charge on any atom is -0.467 e. The molecule has 2 aromatic rings. The van der Waals surface area contributed by atoms with Gasteiger partial charge < -0.3 is 14.4 Å². The van der Waals surface area contributed by atoms with Crippen molar-refractivity contribution >= 4 is 5.69 Å². The molecule has 3 rings (SSSR count). The van der Waals surface area contributed by atoms with Crippen molar-refractivity contribution in [3.63, 3.8) is 0 Å². The van der Waals surface area contributed by atoms with Gasteiger partial charge in [-0.15, -0.1) is 0 Å². The summed E-state index contributed by atoms with van der Waals surface area (Å²) in [7, 11) is 0. The monoisotopic (exact) mass is 275 g/mol. The van der Waals surface area contributed by atoms with Crippen molar-refractivity contribution < 1.29 is 13.9 Å². The molecular formula is C16H18FNO2. The molecule has 1 aliphatic carbocycles. The number of aliphatic hydroxyl groups excluding tert-OH is 1. The molecule has 1 aromatic carbocycles. The number of hydrogen-bond donors (Lipinski definition) is 1. The second kappa shape index (κ2) is 5.29. The third kappa shape index (κ3) is 2.56. The van der Waals surface area contributed by atoms with Crippen LogP contribution in [0, 0.1) is 5.82 Å². The molecular weight excluding hydrogens is 257 g/mol. The highest BCUT2D eigenvalue weighted by Crippen LogP contribution is 2.37. The van der Waals surface area contributed by atoms with E-state index in [1.807, 2.05) is 18.2 Å². The quantitative estimate of drug-likeness (QED) is 0.905. The topological polar surface area (TPSA) is 36.6 Å². The maximum atomic E-state index is 14.0. The summed E-state index contributed by atoms with van der Waals surface area (Å²) < 4.78 is 19.4. The average molecular weight is 275 g/mol. The fourth-order valence-corrected chi connectivity index (χ4v) is 2.56. The van der Waals surface area contributed by atoms with Crippen LogP contribution in [0.3, 0.4) is 0 Å². The molecule has 1 fully saturated rings. The van der Waals surface area contributed by atoms with E-state index in [1.165, 1.54) is 6.07 Å². The Hall–Kier alpha value is -1.81. The molecule has 1 heterocycles. The van der Waals surface area contributed by atoms with E-state index in [9.17, 15) is 9.50 Å². The van der Waals surface area contributed by atoms with Crippen LogP contribution in [0.25, 0.3) is 0 Å².